The van der Waals surface area contributed by atoms with Crippen LogP contribution in [0.5, 0.6) is 0 Å². The van der Waals surface area contributed by atoms with E-state index in [-0.39, 0.29) is 5.56 Å². The molecule has 4 heterocycles. The van der Waals surface area contributed by atoms with Gasteiger partial charge in [0.15, 0.2) is 0 Å². The van der Waals surface area contributed by atoms with Gasteiger partial charge < -0.3 is 25.7 Å². The minimum Gasteiger partial charge on any atom is -0.378 e. The van der Waals surface area contributed by atoms with Crippen molar-refractivity contribution in [2.45, 2.75) is 26.2 Å². The highest BCUT2D eigenvalue weighted by Gasteiger charge is 2.16. The number of anilines is 3. The number of hydrogen-bond acceptors (Lipinski definition) is 7. The van der Waals surface area contributed by atoms with Gasteiger partial charge in [-0.3, -0.25) is 14.6 Å². The lowest BCUT2D eigenvalue weighted by atomic mass is 10.0. The zero-order valence-electron chi connectivity index (χ0n) is 20.8. The number of fused-ring (bicyclic) bond motifs is 1. The van der Waals surface area contributed by atoms with E-state index in [4.69, 9.17) is 15.5 Å². The third-order valence-corrected chi connectivity index (χ3v) is 6.56. The number of nitrogens with two attached hydrogens (primary N) is 1. The predicted octanol–water partition coefficient (Wildman–Crippen LogP) is 4.01. The maximum atomic E-state index is 12.8. The second-order valence-electron chi connectivity index (χ2n) is 9.08. The van der Waals surface area contributed by atoms with Crippen molar-refractivity contribution in [3.05, 3.63) is 76.5 Å². The molecule has 3 aromatic heterocycles. The third-order valence-electron chi connectivity index (χ3n) is 6.56. The first kappa shape index (κ1) is 24.5. The Labute approximate surface area is 214 Å². The summed E-state index contributed by atoms with van der Waals surface area (Å²) in [4.78, 5) is 39.3. The van der Waals surface area contributed by atoms with Crippen molar-refractivity contribution < 1.29 is 9.53 Å². The SMILES string of the molecule is CCCCc1ncc(-c2cc3cc[nH]c(=O)c3c(Nc3ccc(N4CCOCC4)cc3)n2)cc1C(N)=O. The quantitative estimate of drug-likeness (QED) is 0.335. The van der Waals surface area contributed by atoms with Crippen LogP contribution in [0.4, 0.5) is 17.2 Å². The van der Waals surface area contributed by atoms with E-state index in [0.29, 0.717) is 40.1 Å². The number of nitrogens with one attached hydrogen (secondary N) is 2. The van der Waals surface area contributed by atoms with Gasteiger partial charge in [-0.25, -0.2) is 4.98 Å². The lowest BCUT2D eigenvalue weighted by Gasteiger charge is -2.28. The molecule has 1 aliphatic rings. The van der Waals surface area contributed by atoms with Gasteiger partial charge in [-0.15, -0.1) is 0 Å². The minimum absolute atomic E-state index is 0.241. The molecule has 1 saturated heterocycles. The van der Waals surface area contributed by atoms with Crippen LogP contribution in [-0.2, 0) is 11.2 Å². The number of rotatable bonds is 8. The molecular formula is C28H30N6O3. The summed E-state index contributed by atoms with van der Waals surface area (Å²) in [6, 6.07) is 13.4. The summed E-state index contributed by atoms with van der Waals surface area (Å²) in [7, 11) is 0. The number of H-pyrrole nitrogens is 1. The maximum Gasteiger partial charge on any atom is 0.259 e. The molecule has 4 N–H and O–H groups in total. The number of primary amides is 1. The average Bonchev–Trinajstić information content (AvgIpc) is 2.92. The smallest absolute Gasteiger partial charge is 0.259 e. The van der Waals surface area contributed by atoms with E-state index >= 15 is 0 Å². The van der Waals surface area contributed by atoms with Gasteiger partial charge in [0.1, 0.15) is 5.82 Å². The molecule has 1 fully saturated rings. The summed E-state index contributed by atoms with van der Waals surface area (Å²) >= 11 is 0. The van der Waals surface area contributed by atoms with Crippen LogP contribution in [0.3, 0.4) is 0 Å². The first-order chi connectivity index (χ1) is 18.0. The number of aryl methyl sites for hydroxylation is 1. The van der Waals surface area contributed by atoms with Gasteiger partial charge >= 0.3 is 0 Å². The summed E-state index contributed by atoms with van der Waals surface area (Å²) in [5.41, 5.74) is 9.68. The Morgan fingerprint density at radius 1 is 1.16 bits per heavy atom. The number of aromatic amines is 1. The van der Waals surface area contributed by atoms with Crippen LogP contribution in [0, 0.1) is 0 Å². The standard InChI is InChI=1S/C28H30N6O3/c1-2-3-4-23-22(26(29)35)15-19(17-31-23)24-16-18-9-10-30-28(36)25(18)27(33-24)32-20-5-7-21(8-6-20)34-11-13-37-14-12-34/h5-10,15-17H,2-4,11-14H2,1H3,(H2,29,35)(H,30,36)(H,32,33). The molecule has 1 amide bonds. The summed E-state index contributed by atoms with van der Waals surface area (Å²) in [6.07, 6.45) is 5.91. The maximum absolute atomic E-state index is 12.8. The average molecular weight is 499 g/mol. The minimum atomic E-state index is -0.517. The topological polar surface area (TPSA) is 126 Å². The summed E-state index contributed by atoms with van der Waals surface area (Å²) in [6.45, 7) is 5.24. The van der Waals surface area contributed by atoms with E-state index in [1.165, 1.54) is 0 Å². The zero-order chi connectivity index (χ0) is 25.8. The number of amides is 1. The van der Waals surface area contributed by atoms with Gasteiger partial charge in [0, 0.05) is 42.4 Å². The molecule has 0 unspecified atom stereocenters. The van der Waals surface area contributed by atoms with Crippen LogP contribution in [0.1, 0.15) is 35.8 Å². The lowest BCUT2D eigenvalue weighted by molar-refractivity contribution is 0.0999. The van der Waals surface area contributed by atoms with E-state index in [1.807, 2.05) is 36.4 Å². The fourth-order valence-corrected chi connectivity index (χ4v) is 4.56. The third kappa shape index (κ3) is 5.31. The summed E-state index contributed by atoms with van der Waals surface area (Å²) in [5, 5.41) is 4.49. The molecule has 0 aliphatic carbocycles. The Hall–Kier alpha value is -4.24. The molecule has 0 saturated carbocycles. The van der Waals surface area contributed by atoms with Crippen molar-refractivity contribution in [3.8, 4) is 11.3 Å². The molecule has 1 aromatic carbocycles. The molecule has 0 radical (unpaired) electrons. The van der Waals surface area contributed by atoms with Crippen LogP contribution < -0.4 is 21.5 Å². The van der Waals surface area contributed by atoms with Gasteiger partial charge in [0.25, 0.3) is 11.5 Å². The molecule has 190 valence electrons. The van der Waals surface area contributed by atoms with Crippen LogP contribution >= 0.6 is 0 Å². The molecule has 9 heteroatoms. The van der Waals surface area contributed by atoms with Crippen molar-refractivity contribution in [2.24, 2.45) is 5.73 Å². The Morgan fingerprint density at radius 3 is 2.68 bits per heavy atom. The predicted molar refractivity (Wildman–Crippen MR) is 145 cm³/mol. The van der Waals surface area contributed by atoms with Crippen molar-refractivity contribution in [3.63, 3.8) is 0 Å². The highest BCUT2D eigenvalue weighted by molar-refractivity contribution is 5.97. The Bertz CT molecular complexity index is 1480. The molecular weight excluding hydrogens is 468 g/mol. The molecule has 0 atom stereocenters. The van der Waals surface area contributed by atoms with Gasteiger partial charge in [-0.05, 0) is 60.7 Å². The van der Waals surface area contributed by atoms with Gasteiger partial charge in [0.2, 0.25) is 0 Å². The highest BCUT2D eigenvalue weighted by atomic mass is 16.5. The molecule has 0 spiro atoms. The molecule has 4 aromatic rings. The van der Waals surface area contributed by atoms with E-state index in [9.17, 15) is 9.59 Å². The van der Waals surface area contributed by atoms with Gasteiger partial charge in [-0.1, -0.05) is 13.3 Å². The van der Waals surface area contributed by atoms with Crippen molar-refractivity contribution in [1.82, 2.24) is 15.0 Å². The number of benzene rings is 1. The monoisotopic (exact) mass is 498 g/mol. The first-order valence-electron chi connectivity index (χ1n) is 12.5. The van der Waals surface area contributed by atoms with Crippen LogP contribution in [0.15, 0.2) is 59.7 Å². The second-order valence-corrected chi connectivity index (χ2v) is 9.08. The zero-order valence-corrected chi connectivity index (χ0v) is 20.8. The molecule has 0 bridgehead atoms. The second kappa shape index (κ2) is 10.8. The molecule has 9 nitrogen and oxygen atoms in total. The number of hydrogen-bond donors (Lipinski definition) is 3. The molecule has 37 heavy (non-hydrogen) atoms. The van der Waals surface area contributed by atoms with Crippen LogP contribution in [0.25, 0.3) is 22.0 Å². The fourth-order valence-electron chi connectivity index (χ4n) is 4.56. The fraction of sp³-hybridized carbons (Fsp3) is 0.286. The van der Waals surface area contributed by atoms with Crippen molar-refractivity contribution >= 4 is 33.9 Å². The lowest BCUT2D eigenvalue weighted by Crippen LogP contribution is -2.36. The number of carbonyl (C=O) groups excluding carboxylic acids is 1. The van der Waals surface area contributed by atoms with Crippen molar-refractivity contribution in [1.29, 1.82) is 0 Å². The van der Waals surface area contributed by atoms with E-state index in [1.54, 1.807) is 18.5 Å². The first-order valence-corrected chi connectivity index (χ1v) is 12.5. The summed E-state index contributed by atoms with van der Waals surface area (Å²) < 4.78 is 5.44. The van der Waals surface area contributed by atoms with E-state index < -0.39 is 5.91 Å². The number of nitrogens with zero attached hydrogens (tertiary/aromatic N) is 3. The molecule has 1 aliphatic heterocycles. The Balaban J connectivity index is 1.52. The van der Waals surface area contributed by atoms with Crippen LogP contribution in [0.2, 0.25) is 0 Å². The number of aromatic nitrogens is 3. The number of carbonyl (C=O) groups is 1. The van der Waals surface area contributed by atoms with E-state index in [0.717, 1.165) is 55.9 Å². The number of ether oxygens (including phenoxy) is 1. The van der Waals surface area contributed by atoms with Gasteiger partial charge in [0.05, 0.1) is 35.6 Å². The number of pyridine rings is 3. The largest absolute Gasteiger partial charge is 0.378 e. The van der Waals surface area contributed by atoms with E-state index in [2.05, 4.69) is 27.1 Å². The van der Waals surface area contributed by atoms with Crippen molar-refractivity contribution in [2.75, 3.05) is 36.5 Å². The summed E-state index contributed by atoms with van der Waals surface area (Å²) in [5.74, 6) is -0.0967. The normalized spacial score (nSPS) is 13.6. The molecule has 5 rings (SSSR count). The number of unbranched alkanes of at least 4 members (excludes halogenated alkanes) is 1. The number of morpholine rings is 1. The Kier molecular flexibility index (Phi) is 7.14. The Morgan fingerprint density at radius 2 is 1.95 bits per heavy atom. The van der Waals surface area contributed by atoms with Crippen LogP contribution in [-0.4, -0.2) is 47.2 Å². The highest BCUT2D eigenvalue weighted by Crippen LogP contribution is 2.29. The van der Waals surface area contributed by atoms with Gasteiger partial charge in [-0.2, -0.15) is 0 Å².